The van der Waals surface area contributed by atoms with E-state index in [4.69, 9.17) is 10.3 Å². The molecule has 3 aromatic rings. The van der Waals surface area contributed by atoms with Crippen molar-refractivity contribution in [3.8, 4) is 11.4 Å². The zero-order valence-corrected chi connectivity index (χ0v) is 15.9. The molecule has 138 valence electrons. The molecule has 0 aliphatic carbocycles. The van der Waals surface area contributed by atoms with Gasteiger partial charge in [-0.1, -0.05) is 73.6 Å². The van der Waals surface area contributed by atoms with Crippen LogP contribution in [-0.4, -0.2) is 28.1 Å². The molecule has 2 aromatic carbocycles. The van der Waals surface area contributed by atoms with Gasteiger partial charge in [0.15, 0.2) is 0 Å². The van der Waals surface area contributed by atoms with Crippen molar-refractivity contribution in [2.45, 2.75) is 26.4 Å². The fourth-order valence-electron chi connectivity index (χ4n) is 2.99. The SMILES string of the molecule is CCN(CC)C(c1ccccc1)c1nc(-c2ccc(CN)cc2)no1.Cl. The fraction of sp³-hybridized carbons (Fsp3) is 0.300. The van der Waals surface area contributed by atoms with Gasteiger partial charge in [0, 0.05) is 12.1 Å². The first-order valence-electron chi connectivity index (χ1n) is 8.68. The summed E-state index contributed by atoms with van der Waals surface area (Å²) in [6.45, 7) is 6.61. The van der Waals surface area contributed by atoms with Gasteiger partial charge >= 0.3 is 0 Å². The molecule has 0 aliphatic heterocycles. The summed E-state index contributed by atoms with van der Waals surface area (Å²) in [4.78, 5) is 6.99. The van der Waals surface area contributed by atoms with Crippen LogP contribution in [0.15, 0.2) is 59.1 Å². The Morgan fingerprint density at radius 2 is 1.65 bits per heavy atom. The number of nitrogens with zero attached hydrogens (tertiary/aromatic N) is 3. The van der Waals surface area contributed by atoms with Crippen molar-refractivity contribution < 1.29 is 4.52 Å². The monoisotopic (exact) mass is 372 g/mol. The minimum atomic E-state index is -0.0410. The van der Waals surface area contributed by atoms with Gasteiger partial charge in [-0.05, 0) is 24.2 Å². The highest BCUT2D eigenvalue weighted by Crippen LogP contribution is 2.28. The van der Waals surface area contributed by atoms with Crippen molar-refractivity contribution in [2.75, 3.05) is 13.1 Å². The number of nitrogens with two attached hydrogens (primary N) is 1. The van der Waals surface area contributed by atoms with Crippen LogP contribution >= 0.6 is 12.4 Å². The molecule has 0 saturated heterocycles. The van der Waals surface area contributed by atoms with Crippen LogP contribution in [0.2, 0.25) is 0 Å². The summed E-state index contributed by atoms with van der Waals surface area (Å²) >= 11 is 0. The van der Waals surface area contributed by atoms with Crippen molar-refractivity contribution in [1.82, 2.24) is 15.0 Å². The lowest BCUT2D eigenvalue weighted by atomic mass is 10.1. The Balaban J connectivity index is 0.00000243. The van der Waals surface area contributed by atoms with Gasteiger partial charge in [0.1, 0.15) is 6.04 Å². The standard InChI is InChI=1S/C20H24N4O.ClH/c1-3-24(4-2)18(16-8-6-5-7-9-16)20-22-19(23-25-20)17-12-10-15(14-21)11-13-17;/h5-13,18H,3-4,14,21H2,1-2H3;1H. The second-order valence-electron chi connectivity index (χ2n) is 5.89. The van der Waals surface area contributed by atoms with Gasteiger partial charge in [0.2, 0.25) is 11.7 Å². The van der Waals surface area contributed by atoms with E-state index in [1.54, 1.807) is 0 Å². The number of rotatable bonds is 7. The second-order valence-corrected chi connectivity index (χ2v) is 5.89. The Bertz CT molecular complexity index is 785. The lowest BCUT2D eigenvalue weighted by Gasteiger charge is -2.26. The Morgan fingerprint density at radius 3 is 2.23 bits per heavy atom. The number of aromatic nitrogens is 2. The minimum absolute atomic E-state index is 0. The van der Waals surface area contributed by atoms with Crippen molar-refractivity contribution in [2.24, 2.45) is 5.73 Å². The molecule has 0 fully saturated rings. The molecule has 1 unspecified atom stereocenters. The van der Waals surface area contributed by atoms with Crippen LogP contribution < -0.4 is 5.73 Å². The molecular weight excluding hydrogens is 348 g/mol. The van der Waals surface area contributed by atoms with E-state index in [9.17, 15) is 0 Å². The van der Waals surface area contributed by atoms with Crippen molar-refractivity contribution in [1.29, 1.82) is 0 Å². The average Bonchev–Trinajstić information content (AvgIpc) is 3.16. The summed E-state index contributed by atoms with van der Waals surface area (Å²) in [7, 11) is 0. The molecule has 6 heteroatoms. The Hall–Kier alpha value is -2.21. The van der Waals surface area contributed by atoms with Gasteiger partial charge in [-0.25, -0.2) is 0 Å². The first kappa shape index (κ1) is 20.1. The largest absolute Gasteiger partial charge is 0.337 e. The second kappa shape index (κ2) is 9.48. The summed E-state index contributed by atoms with van der Waals surface area (Å²) in [5.41, 5.74) is 8.82. The van der Waals surface area contributed by atoms with E-state index in [1.807, 2.05) is 42.5 Å². The van der Waals surface area contributed by atoms with Gasteiger partial charge < -0.3 is 10.3 Å². The van der Waals surface area contributed by atoms with Crippen LogP contribution in [0.5, 0.6) is 0 Å². The smallest absolute Gasteiger partial charge is 0.248 e. The summed E-state index contributed by atoms with van der Waals surface area (Å²) in [5.74, 6) is 1.22. The van der Waals surface area contributed by atoms with E-state index in [2.05, 4.69) is 41.0 Å². The number of benzene rings is 2. The lowest BCUT2D eigenvalue weighted by Crippen LogP contribution is -2.29. The van der Waals surface area contributed by atoms with Gasteiger partial charge in [0.05, 0.1) is 0 Å². The lowest BCUT2D eigenvalue weighted by molar-refractivity contribution is 0.205. The highest BCUT2D eigenvalue weighted by Gasteiger charge is 2.26. The summed E-state index contributed by atoms with van der Waals surface area (Å²) < 4.78 is 5.65. The number of hydrogen-bond acceptors (Lipinski definition) is 5. The Labute approximate surface area is 160 Å². The molecule has 1 aromatic heterocycles. The van der Waals surface area contributed by atoms with Gasteiger partial charge in [-0.3, -0.25) is 4.90 Å². The molecule has 0 spiro atoms. The maximum absolute atomic E-state index is 5.66. The number of halogens is 1. The van der Waals surface area contributed by atoms with Crippen LogP contribution in [0, 0.1) is 0 Å². The Kier molecular flexibility index (Phi) is 7.33. The van der Waals surface area contributed by atoms with Crippen LogP contribution in [0.4, 0.5) is 0 Å². The highest BCUT2D eigenvalue weighted by atomic mass is 35.5. The summed E-state index contributed by atoms with van der Waals surface area (Å²) in [6, 6.07) is 18.2. The molecule has 0 saturated carbocycles. The molecule has 1 atom stereocenters. The zero-order valence-electron chi connectivity index (χ0n) is 15.1. The quantitative estimate of drug-likeness (QED) is 0.677. The molecule has 3 rings (SSSR count). The first-order chi connectivity index (χ1) is 12.3. The summed E-state index contributed by atoms with van der Waals surface area (Å²) in [5, 5.41) is 4.20. The predicted octanol–water partition coefficient (Wildman–Crippen LogP) is 4.05. The molecule has 0 bridgehead atoms. The van der Waals surface area contributed by atoms with Gasteiger partial charge in [-0.2, -0.15) is 4.98 Å². The van der Waals surface area contributed by atoms with Crippen LogP contribution in [0.1, 0.15) is 36.9 Å². The maximum atomic E-state index is 5.66. The molecular formula is C20H25ClN4O. The Morgan fingerprint density at radius 1 is 1.00 bits per heavy atom. The molecule has 2 N–H and O–H groups in total. The van der Waals surface area contributed by atoms with Crippen molar-refractivity contribution >= 4 is 12.4 Å². The predicted molar refractivity (Wildman–Crippen MR) is 106 cm³/mol. The average molecular weight is 373 g/mol. The van der Waals surface area contributed by atoms with Crippen LogP contribution in [0.3, 0.4) is 0 Å². The fourth-order valence-corrected chi connectivity index (χ4v) is 2.99. The van der Waals surface area contributed by atoms with Crippen molar-refractivity contribution in [3.05, 3.63) is 71.6 Å². The molecule has 1 heterocycles. The maximum Gasteiger partial charge on any atom is 0.248 e. The van der Waals surface area contributed by atoms with E-state index in [0.29, 0.717) is 18.3 Å². The van der Waals surface area contributed by atoms with E-state index < -0.39 is 0 Å². The first-order valence-corrected chi connectivity index (χ1v) is 8.68. The zero-order chi connectivity index (χ0) is 17.6. The topological polar surface area (TPSA) is 68.2 Å². The van der Waals surface area contributed by atoms with Gasteiger partial charge in [-0.15, -0.1) is 12.4 Å². The van der Waals surface area contributed by atoms with E-state index in [-0.39, 0.29) is 18.4 Å². The summed E-state index contributed by atoms with van der Waals surface area (Å²) in [6.07, 6.45) is 0. The number of hydrogen-bond donors (Lipinski definition) is 1. The molecule has 5 nitrogen and oxygen atoms in total. The molecule has 26 heavy (non-hydrogen) atoms. The highest BCUT2D eigenvalue weighted by molar-refractivity contribution is 5.85. The third-order valence-corrected chi connectivity index (χ3v) is 4.42. The molecule has 0 aliphatic rings. The van der Waals surface area contributed by atoms with E-state index >= 15 is 0 Å². The van der Waals surface area contributed by atoms with E-state index in [0.717, 1.165) is 29.8 Å². The van der Waals surface area contributed by atoms with E-state index in [1.165, 1.54) is 0 Å². The van der Waals surface area contributed by atoms with Crippen LogP contribution in [-0.2, 0) is 6.54 Å². The minimum Gasteiger partial charge on any atom is -0.337 e. The third-order valence-electron chi connectivity index (χ3n) is 4.42. The van der Waals surface area contributed by atoms with Crippen molar-refractivity contribution in [3.63, 3.8) is 0 Å². The normalized spacial score (nSPS) is 12.0. The van der Waals surface area contributed by atoms with Gasteiger partial charge in [0.25, 0.3) is 0 Å². The molecule has 0 radical (unpaired) electrons. The molecule has 0 amide bonds. The third kappa shape index (κ3) is 4.30. The van der Waals surface area contributed by atoms with Crippen LogP contribution in [0.25, 0.3) is 11.4 Å².